The third-order valence-corrected chi connectivity index (χ3v) is 7.61. The molecule has 0 unspecified atom stereocenters. The molecule has 11 heteroatoms. The van der Waals surface area contributed by atoms with Gasteiger partial charge in [-0.25, -0.2) is 9.37 Å². The maximum Gasteiger partial charge on any atom is 0.272 e. The second-order valence-corrected chi connectivity index (χ2v) is 10.4. The van der Waals surface area contributed by atoms with Gasteiger partial charge in [-0.3, -0.25) is 14.4 Å². The molecule has 2 fully saturated rings. The van der Waals surface area contributed by atoms with E-state index in [0.29, 0.717) is 37.9 Å². The maximum absolute atomic E-state index is 13.2. The van der Waals surface area contributed by atoms with Crippen LogP contribution in [0.2, 0.25) is 5.02 Å². The van der Waals surface area contributed by atoms with Gasteiger partial charge >= 0.3 is 0 Å². The van der Waals surface area contributed by atoms with Crippen LogP contribution in [0.5, 0.6) is 0 Å². The summed E-state index contributed by atoms with van der Waals surface area (Å²) in [5.41, 5.74) is 0.586. The van der Waals surface area contributed by atoms with Gasteiger partial charge in [0.2, 0.25) is 5.91 Å². The molecule has 1 aromatic heterocycles. The van der Waals surface area contributed by atoms with Gasteiger partial charge in [0.05, 0.1) is 17.0 Å². The van der Waals surface area contributed by atoms with Crippen molar-refractivity contribution in [2.24, 2.45) is 11.8 Å². The Balaban J connectivity index is 1.22. The number of H-pyrrole nitrogens is 1. The summed E-state index contributed by atoms with van der Waals surface area (Å²) in [6.07, 6.45) is 6.09. The number of aromatic nitrogens is 2. The van der Waals surface area contributed by atoms with E-state index >= 15 is 0 Å². The van der Waals surface area contributed by atoms with Crippen LogP contribution >= 0.6 is 11.6 Å². The Hall–Kier alpha value is -2.98. The van der Waals surface area contributed by atoms with Gasteiger partial charge in [0, 0.05) is 25.0 Å². The highest BCUT2D eigenvalue weighted by molar-refractivity contribution is 6.33. The molecule has 200 valence electrons. The topological polar surface area (TPSA) is 119 Å². The van der Waals surface area contributed by atoms with Crippen LogP contribution in [-0.2, 0) is 4.79 Å². The Labute approximate surface area is 220 Å². The second-order valence-electron chi connectivity index (χ2n) is 10.0. The van der Waals surface area contributed by atoms with Crippen molar-refractivity contribution >= 4 is 35.0 Å². The number of piperidine rings is 1. The number of hydrogen-bond donors (Lipinski definition) is 4. The zero-order valence-electron chi connectivity index (χ0n) is 21.0. The molecule has 0 bridgehead atoms. The largest absolute Gasteiger partial charge is 0.349 e. The molecule has 3 amide bonds. The smallest absolute Gasteiger partial charge is 0.272 e. The van der Waals surface area contributed by atoms with E-state index in [0.717, 1.165) is 31.6 Å². The number of imidazole rings is 1. The van der Waals surface area contributed by atoms with Crippen LogP contribution in [0, 0.1) is 17.7 Å². The minimum absolute atomic E-state index is 0.0778. The Morgan fingerprint density at radius 2 is 1.84 bits per heavy atom. The highest BCUT2D eigenvalue weighted by atomic mass is 35.5. The number of amides is 3. The SMILES string of the molecule is CC1CCN(CCNC(=O)c2nc[nH]c2C(=O)N[C@H]2CC[C@H](C(=O)Nc3ccc(F)cc3Cl)CC2)CC1. The fourth-order valence-electron chi connectivity index (χ4n) is 4.92. The fraction of sp³-hybridized carbons (Fsp3) is 0.538. The summed E-state index contributed by atoms with van der Waals surface area (Å²) in [5, 5.41) is 8.74. The summed E-state index contributed by atoms with van der Waals surface area (Å²) in [7, 11) is 0. The first-order valence-corrected chi connectivity index (χ1v) is 13.3. The van der Waals surface area contributed by atoms with Crippen LogP contribution in [0.25, 0.3) is 0 Å². The quantitative estimate of drug-likeness (QED) is 0.414. The van der Waals surface area contributed by atoms with E-state index in [1.54, 1.807) is 0 Å². The molecule has 1 aromatic carbocycles. The standard InChI is InChI=1S/C26H34ClFN6O3/c1-16-8-11-34(12-9-16)13-10-29-25(36)22-23(31-15-30-22)26(37)32-19-5-2-17(3-6-19)24(35)33-21-7-4-18(28)14-20(21)27/h4,7,14-17,19H,2-3,5-6,8-13H2,1H3,(H,29,36)(H,30,31)(H,32,37)(H,33,35)/t17-,19-. The highest BCUT2D eigenvalue weighted by Crippen LogP contribution is 2.28. The van der Waals surface area contributed by atoms with Crippen LogP contribution in [0.1, 0.15) is 66.4 Å². The number of halogens is 2. The van der Waals surface area contributed by atoms with E-state index in [1.807, 2.05) is 0 Å². The molecule has 37 heavy (non-hydrogen) atoms. The van der Waals surface area contributed by atoms with Gasteiger partial charge in [0.25, 0.3) is 11.8 Å². The molecule has 0 radical (unpaired) electrons. The molecular formula is C26H34ClFN6O3. The Bertz CT molecular complexity index is 1110. The first-order valence-electron chi connectivity index (χ1n) is 12.9. The zero-order valence-corrected chi connectivity index (χ0v) is 21.7. The van der Waals surface area contributed by atoms with E-state index in [9.17, 15) is 18.8 Å². The van der Waals surface area contributed by atoms with E-state index in [1.165, 1.54) is 31.3 Å². The van der Waals surface area contributed by atoms with Gasteiger partial charge < -0.3 is 25.8 Å². The fourth-order valence-corrected chi connectivity index (χ4v) is 5.13. The number of aromatic amines is 1. The average molecular weight is 533 g/mol. The van der Waals surface area contributed by atoms with Crippen molar-refractivity contribution in [3.63, 3.8) is 0 Å². The lowest BCUT2D eigenvalue weighted by molar-refractivity contribution is -0.120. The monoisotopic (exact) mass is 532 g/mol. The molecule has 1 saturated carbocycles. The highest BCUT2D eigenvalue weighted by Gasteiger charge is 2.29. The van der Waals surface area contributed by atoms with Crippen LogP contribution in [0.15, 0.2) is 24.5 Å². The molecule has 2 heterocycles. The van der Waals surface area contributed by atoms with Gasteiger partial charge in [-0.2, -0.15) is 0 Å². The van der Waals surface area contributed by atoms with Crippen molar-refractivity contribution < 1.29 is 18.8 Å². The summed E-state index contributed by atoms with van der Waals surface area (Å²) in [4.78, 5) is 47.4. The van der Waals surface area contributed by atoms with Crippen molar-refractivity contribution in [3.05, 3.63) is 46.8 Å². The minimum Gasteiger partial charge on any atom is -0.349 e. The van der Waals surface area contributed by atoms with Crippen molar-refractivity contribution in [2.45, 2.75) is 51.5 Å². The molecule has 2 aromatic rings. The summed E-state index contributed by atoms with van der Waals surface area (Å²) >= 11 is 6.00. The number of likely N-dealkylation sites (tertiary alicyclic amines) is 1. The first-order chi connectivity index (χ1) is 17.8. The minimum atomic E-state index is -0.468. The number of rotatable bonds is 8. The number of carbonyl (C=O) groups is 3. The van der Waals surface area contributed by atoms with Crippen LogP contribution < -0.4 is 16.0 Å². The van der Waals surface area contributed by atoms with Crippen molar-refractivity contribution in [1.29, 1.82) is 0 Å². The number of nitrogens with one attached hydrogen (secondary N) is 4. The maximum atomic E-state index is 13.2. The molecule has 4 rings (SSSR count). The number of benzene rings is 1. The predicted molar refractivity (Wildman–Crippen MR) is 139 cm³/mol. The molecule has 0 atom stereocenters. The lowest BCUT2D eigenvalue weighted by Gasteiger charge is -2.30. The molecule has 9 nitrogen and oxygen atoms in total. The van der Waals surface area contributed by atoms with Crippen LogP contribution in [-0.4, -0.2) is 64.8 Å². The van der Waals surface area contributed by atoms with Crippen molar-refractivity contribution in [3.8, 4) is 0 Å². The van der Waals surface area contributed by atoms with Crippen molar-refractivity contribution in [2.75, 3.05) is 31.5 Å². The van der Waals surface area contributed by atoms with Gasteiger partial charge in [-0.15, -0.1) is 0 Å². The van der Waals surface area contributed by atoms with Crippen molar-refractivity contribution in [1.82, 2.24) is 25.5 Å². The average Bonchev–Trinajstić information content (AvgIpc) is 3.38. The van der Waals surface area contributed by atoms with E-state index in [-0.39, 0.29) is 40.2 Å². The molecule has 2 aliphatic rings. The third-order valence-electron chi connectivity index (χ3n) is 7.29. The molecule has 1 aliphatic carbocycles. The zero-order chi connectivity index (χ0) is 26.4. The summed E-state index contributed by atoms with van der Waals surface area (Å²) < 4.78 is 13.2. The lowest BCUT2D eigenvalue weighted by atomic mass is 9.85. The molecule has 4 N–H and O–H groups in total. The number of hydrogen-bond acceptors (Lipinski definition) is 5. The predicted octanol–water partition coefficient (Wildman–Crippen LogP) is 3.59. The normalized spacial score (nSPS) is 20.8. The van der Waals surface area contributed by atoms with Crippen LogP contribution in [0.4, 0.5) is 10.1 Å². The van der Waals surface area contributed by atoms with E-state index in [4.69, 9.17) is 11.6 Å². The number of anilines is 1. The molecule has 0 spiro atoms. The third kappa shape index (κ3) is 7.29. The Kier molecular flexibility index (Phi) is 9.15. The molecular weight excluding hydrogens is 499 g/mol. The van der Waals surface area contributed by atoms with Gasteiger partial charge in [-0.05, 0) is 75.7 Å². The van der Waals surface area contributed by atoms with Crippen LogP contribution in [0.3, 0.4) is 0 Å². The van der Waals surface area contributed by atoms with E-state index in [2.05, 4.69) is 37.7 Å². The summed E-state index contributed by atoms with van der Waals surface area (Å²) in [6.45, 7) is 5.61. The number of carbonyl (C=O) groups excluding carboxylic acids is 3. The van der Waals surface area contributed by atoms with Gasteiger partial charge in [0.15, 0.2) is 5.69 Å². The summed E-state index contributed by atoms with van der Waals surface area (Å²) in [5.74, 6) is -0.890. The Morgan fingerprint density at radius 1 is 1.11 bits per heavy atom. The second kappa shape index (κ2) is 12.5. The van der Waals surface area contributed by atoms with Gasteiger partial charge in [-0.1, -0.05) is 18.5 Å². The van der Waals surface area contributed by atoms with Gasteiger partial charge in [0.1, 0.15) is 11.5 Å². The molecule has 1 aliphatic heterocycles. The van der Waals surface area contributed by atoms with E-state index < -0.39 is 11.7 Å². The summed E-state index contributed by atoms with van der Waals surface area (Å²) in [6, 6.07) is 3.72. The first kappa shape index (κ1) is 27.1. The lowest BCUT2D eigenvalue weighted by Crippen LogP contribution is -2.41. The Morgan fingerprint density at radius 3 is 2.54 bits per heavy atom. The molecule has 1 saturated heterocycles. The number of nitrogens with zero attached hydrogens (tertiary/aromatic N) is 2.